The second-order valence-electron chi connectivity index (χ2n) is 2.68. The summed E-state index contributed by atoms with van der Waals surface area (Å²) in [5.74, 6) is 0.459. The molecule has 0 fully saturated rings. The van der Waals surface area contributed by atoms with Gasteiger partial charge in [0.15, 0.2) is 6.29 Å². The van der Waals surface area contributed by atoms with Gasteiger partial charge >= 0.3 is 0 Å². The summed E-state index contributed by atoms with van der Waals surface area (Å²) in [6.45, 7) is 1.57. The third-order valence-electron chi connectivity index (χ3n) is 1.68. The van der Waals surface area contributed by atoms with Crippen molar-refractivity contribution in [1.29, 1.82) is 0 Å². The summed E-state index contributed by atoms with van der Waals surface area (Å²) in [5, 5.41) is 10.5. The highest BCUT2D eigenvalue weighted by molar-refractivity contribution is 5.52. The SMILES string of the molecule is Cc1cc(OCC=O)ccc1[N+](=O)[O-]. The number of nitro groups is 1. The molecule has 1 rings (SSSR count). The number of hydrogen-bond donors (Lipinski definition) is 0. The standard InChI is InChI=1S/C9H9NO4/c1-7-6-8(14-5-4-11)2-3-9(7)10(12)13/h2-4,6H,5H2,1H3. The number of carbonyl (C=O) groups excluding carboxylic acids is 1. The molecule has 0 aromatic heterocycles. The Kier molecular flexibility index (Phi) is 3.17. The van der Waals surface area contributed by atoms with Crippen molar-refractivity contribution >= 4 is 12.0 Å². The molecule has 0 saturated heterocycles. The maximum absolute atomic E-state index is 10.5. The van der Waals surface area contributed by atoms with Gasteiger partial charge in [0.2, 0.25) is 0 Å². The predicted octanol–water partition coefficient (Wildman–Crippen LogP) is 1.48. The second kappa shape index (κ2) is 4.36. The fourth-order valence-corrected chi connectivity index (χ4v) is 1.05. The van der Waals surface area contributed by atoms with Crippen molar-refractivity contribution in [3.8, 4) is 5.75 Å². The van der Waals surface area contributed by atoms with Crippen LogP contribution >= 0.6 is 0 Å². The van der Waals surface area contributed by atoms with Crippen LogP contribution in [0.2, 0.25) is 0 Å². The molecule has 0 spiro atoms. The van der Waals surface area contributed by atoms with Crippen molar-refractivity contribution in [1.82, 2.24) is 0 Å². The molecule has 0 atom stereocenters. The lowest BCUT2D eigenvalue weighted by atomic mass is 10.2. The van der Waals surface area contributed by atoms with Crippen LogP contribution in [0.1, 0.15) is 5.56 Å². The minimum atomic E-state index is -0.459. The van der Waals surface area contributed by atoms with Gasteiger partial charge in [0, 0.05) is 11.6 Å². The van der Waals surface area contributed by atoms with E-state index >= 15 is 0 Å². The van der Waals surface area contributed by atoms with Gasteiger partial charge in [0.1, 0.15) is 12.4 Å². The first kappa shape index (κ1) is 10.2. The van der Waals surface area contributed by atoms with E-state index in [9.17, 15) is 14.9 Å². The van der Waals surface area contributed by atoms with E-state index in [2.05, 4.69) is 0 Å². The average molecular weight is 195 g/mol. The molecular weight excluding hydrogens is 186 g/mol. The molecule has 1 aromatic carbocycles. The molecule has 14 heavy (non-hydrogen) atoms. The van der Waals surface area contributed by atoms with Crippen LogP contribution in [0.25, 0.3) is 0 Å². The van der Waals surface area contributed by atoms with Gasteiger partial charge in [0.05, 0.1) is 4.92 Å². The van der Waals surface area contributed by atoms with Crippen LogP contribution in [0.15, 0.2) is 18.2 Å². The molecule has 0 saturated carbocycles. The summed E-state index contributed by atoms with van der Waals surface area (Å²) in [7, 11) is 0. The van der Waals surface area contributed by atoms with E-state index < -0.39 is 4.92 Å². The van der Waals surface area contributed by atoms with E-state index in [1.165, 1.54) is 18.2 Å². The van der Waals surface area contributed by atoms with Crippen molar-refractivity contribution in [2.45, 2.75) is 6.92 Å². The van der Waals surface area contributed by atoms with Crippen LogP contribution in [-0.2, 0) is 4.79 Å². The smallest absolute Gasteiger partial charge is 0.272 e. The Morgan fingerprint density at radius 3 is 2.79 bits per heavy atom. The predicted molar refractivity (Wildman–Crippen MR) is 49.4 cm³/mol. The first-order valence-electron chi connectivity index (χ1n) is 3.96. The van der Waals surface area contributed by atoms with Gasteiger partial charge in [-0.05, 0) is 19.1 Å². The second-order valence-corrected chi connectivity index (χ2v) is 2.68. The maximum Gasteiger partial charge on any atom is 0.272 e. The lowest BCUT2D eigenvalue weighted by molar-refractivity contribution is -0.385. The molecule has 0 bridgehead atoms. The van der Waals surface area contributed by atoms with Crippen LogP contribution in [0.4, 0.5) is 5.69 Å². The maximum atomic E-state index is 10.5. The number of carbonyl (C=O) groups is 1. The summed E-state index contributed by atoms with van der Waals surface area (Å²) < 4.78 is 4.98. The summed E-state index contributed by atoms with van der Waals surface area (Å²) in [6.07, 6.45) is 0.622. The number of aldehydes is 1. The fourth-order valence-electron chi connectivity index (χ4n) is 1.05. The minimum Gasteiger partial charge on any atom is -0.486 e. The molecule has 0 amide bonds. The van der Waals surface area contributed by atoms with Gasteiger partial charge in [-0.1, -0.05) is 0 Å². The van der Waals surface area contributed by atoms with Crippen LogP contribution in [0, 0.1) is 17.0 Å². The Morgan fingerprint density at radius 2 is 2.29 bits per heavy atom. The third kappa shape index (κ3) is 2.29. The van der Waals surface area contributed by atoms with Crippen LogP contribution in [0.3, 0.4) is 0 Å². The molecule has 5 heteroatoms. The van der Waals surface area contributed by atoms with E-state index in [4.69, 9.17) is 4.74 Å². The Bertz CT molecular complexity index is 362. The molecule has 0 radical (unpaired) electrons. The van der Waals surface area contributed by atoms with E-state index in [1.807, 2.05) is 0 Å². The molecule has 0 aliphatic carbocycles. The average Bonchev–Trinajstić information content (AvgIpc) is 2.14. The van der Waals surface area contributed by atoms with Crippen molar-refractivity contribution in [3.05, 3.63) is 33.9 Å². The number of rotatable bonds is 4. The lowest BCUT2D eigenvalue weighted by Crippen LogP contribution is -1.98. The highest BCUT2D eigenvalue weighted by Crippen LogP contribution is 2.22. The van der Waals surface area contributed by atoms with Crippen molar-refractivity contribution < 1.29 is 14.5 Å². The number of aryl methyl sites for hydroxylation is 1. The van der Waals surface area contributed by atoms with Gasteiger partial charge in [-0.15, -0.1) is 0 Å². The minimum absolute atomic E-state index is 0.0444. The van der Waals surface area contributed by atoms with Gasteiger partial charge in [-0.2, -0.15) is 0 Å². The highest BCUT2D eigenvalue weighted by Gasteiger charge is 2.10. The molecule has 5 nitrogen and oxygen atoms in total. The van der Waals surface area contributed by atoms with Crippen LogP contribution < -0.4 is 4.74 Å². The number of benzene rings is 1. The Balaban J connectivity index is 2.88. The number of ether oxygens (including phenoxy) is 1. The monoisotopic (exact) mass is 195 g/mol. The van der Waals surface area contributed by atoms with Crippen molar-refractivity contribution in [2.24, 2.45) is 0 Å². The zero-order valence-corrected chi connectivity index (χ0v) is 7.60. The number of nitro benzene ring substituents is 1. The van der Waals surface area contributed by atoms with Gasteiger partial charge in [0.25, 0.3) is 5.69 Å². The first-order chi connectivity index (χ1) is 6.65. The van der Waals surface area contributed by atoms with Gasteiger partial charge in [-0.25, -0.2) is 0 Å². The Labute approximate surface area is 80.5 Å². The van der Waals surface area contributed by atoms with E-state index in [0.29, 0.717) is 17.6 Å². The molecule has 74 valence electrons. The Morgan fingerprint density at radius 1 is 1.57 bits per heavy atom. The largest absolute Gasteiger partial charge is 0.486 e. The third-order valence-corrected chi connectivity index (χ3v) is 1.68. The van der Waals surface area contributed by atoms with Crippen molar-refractivity contribution in [2.75, 3.05) is 6.61 Å². The zero-order valence-electron chi connectivity index (χ0n) is 7.60. The summed E-state index contributed by atoms with van der Waals surface area (Å²) in [4.78, 5) is 20.0. The van der Waals surface area contributed by atoms with E-state index in [0.717, 1.165) is 0 Å². The van der Waals surface area contributed by atoms with E-state index in [-0.39, 0.29) is 12.3 Å². The summed E-state index contributed by atoms with van der Waals surface area (Å²) >= 11 is 0. The van der Waals surface area contributed by atoms with Gasteiger partial charge in [-0.3, -0.25) is 14.9 Å². The topological polar surface area (TPSA) is 69.4 Å². The quantitative estimate of drug-likeness (QED) is 0.414. The summed E-state index contributed by atoms with van der Waals surface area (Å²) in [5.41, 5.74) is 0.557. The Hall–Kier alpha value is -1.91. The number of nitrogens with zero attached hydrogens (tertiary/aromatic N) is 1. The van der Waals surface area contributed by atoms with Crippen molar-refractivity contribution in [3.63, 3.8) is 0 Å². The molecule has 0 aliphatic rings. The van der Waals surface area contributed by atoms with Gasteiger partial charge < -0.3 is 4.74 Å². The first-order valence-corrected chi connectivity index (χ1v) is 3.96. The van der Waals surface area contributed by atoms with Crippen LogP contribution in [0.5, 0.6) is 5.75 Å². The van der Waals surface area contributed by atoms with E-state index in [1.54, 1.807) is 6.92 Å². The molecule has 0 N–H and O–H groups in total. The molecule has 1 aromatic rings. The zero-order chi connectivity index (χ0) is 10.6. The molecule has 0 unspecified atom stereocenters. The molecular formula is C9H9NO4. The summed E-state index contributed by atoms with van der Waals surface area (Å²) in [6, 6.07) is 4.35. The fraction of sp³-hybridized carbons (Fsp3) is 0.222. The van der Waals surface area contributed by atoms with Crippen LogP contribution in [-0.4, -0.2) is 17.8 Å². The molecule has 0 aliphatic heterocycles. The molecule has 0 heterocycles. The normalized spacial score (nSPS) is 9.50. The highest BCUT2D eigenvalue weighted by atomic mass is 16.6. The number of hydrogen-bond acceptors (Lipinski definition) is 4. The lowest BCUT2D eigenvalue weighted by Gasteiger charge is -2.02.